The molecule has 2 aromatic carbocycles. The van der Waals surface area contributed by atoms with Gasteiger partial charge in [-0.05, 0) is 30.0 Å². The van der Waals surface area contributed by atoms with Crippen LogP contribution in [0.4, 0.5) is 0 Å². The van der Waals surface area contributed by atoms with E-state index in [1.807, 2.05) is 18.2 Å². The molecule has 0 bridgehead atoms. The summed E-state index contributed by atoms with van der Waals surface area (Å²) in [4.78, 5) is 12.0. The van der Waals surface area contributed by atoms with Crippen molar-refractivity contribution in [2.24, 2.45) is 7.05 Å². The number of aromatic nitrogens is 1. The lowest BCUT2D eigenvalue weighted by atomic mass is 10.1. The standard InChI is InChI=1S/C20H22N2O/c1-22-15-17(18-9-5-6-10-19(18)22)13-14-21-20(23)12-11-16-7-3-2-4-8-16/h2-10,15H,11-14H2,1H3,(H,21,23). The van der Waals surface area contributed by atoms with Crippen molar-refractivity contribution in [2.45, 2.75) is 19.3 Å². The Kier molecular flexibility index (Phi) is 4.77. The van der Waals surface area contributed by atoms with Crippen molar-refractivity contribution in [3.05, 3.63) is 71.9 Å². The number of fused-ring (bicyclic) bond motifs is 1. The Labute approximate surface area is 136 Å². The number of nitrogens with one attached hydrogen (secondary N) is 1. The van der Waals surface area contributed by atoms with Crippen LogP contribution < -0.4 is 5.32 Å². The van der Waals surface area contributed by atoms with E-state index in [-0.39, 0.29) is 5.91 Å². The predicted molar refractivity (Wildman–Crippen MR) is 94.4 cm³/mol. The Morgan fingerprint density at radius 2 is 1.74 bits per heavy atom. The van der Waals surface area contributed by atoms with Gasteiger partial charge in [0.25, 0.3) is 0 Å². The molecule has 0 fully saturated rings. The molecule has 0 saturated heterocycles. The van der Waals surface area contributed by atoms with Crippen LogP contribution in [0.15, 0.2) is 60.8 Å². The summed E-state index contributed by atoms with van der Waals surface area (Å²) in [6.07, 6.45) is 4.35. The number of hydrogen-bond donors (Lipinski definition) is 1. The molecular weight excluding hydrogens is 284 g/mol. The Hall–Kier alpha value is -2.55. The predicted octanol–water partition coefficient (Wildman–Crippen LogP) is 3.47. The van der Waals surface area contributed by atoms with E-state index in [2.05, 4.69) is 59.5 Å². The van der Waals surface area contributed by atoms with Crippen molar-refractivity contribution >= 4 is 16.8 Å². The maximum atomic E-state index is 12.0. The van der Waals surface area contributed by atoms with Gasteiger partial charge in [0.1, 0.15) is 0 Å². The summed E-state index contributed by atoms with van der Waals surface area (Å²) in [7, 11) is 2.06. The van der Waals surface area contributed by atoms with Crippen molar-refractivity contribution in [3.8, 4) is 0 Å². The zero-order chi connectivity index (χ0) is 16.1. The molecule has 118 valence electrons. The quantitative estimate of drug-likeness (QED) is 0.743. The van der Waals surface area contributed by atoms with Crippen LogP contribution in [-0.4, -0.2) is 17.0 Å². The van der Waals surface area contributed by atoms with Crippen molar-refractivity contribution in [3.63, 3.8) is 0 Å². The van der Waals surface area contributed by atoms with Gasteiger partial charge >= 0.3 is 0 Å². The largest absolute Gasteiger partial charge is 0.356 e. The van der Waals surface area contributed by atoms with Gasteiger partial charge in [-0.15, -0.1) is 0 Å². The van der Waals surface area contributed by atoms with E-state index in [1.165, 1.54) is 22.0 Å². The molecule has 0 aliphatic heterocycles. The molecule has 3 nitrogen and oxygen atoms in total. The number of carbonyl (C=O) groups excluding carboxylic acids is 1. The molecule has 0 atom stereocenters. The third kappa shape index (κ3) is 3.81. The van der Waals surface area contributed by atoms with Crippen molar-refractivity contribution in [2.75, 3.05) is 6.54 Å². The van der Waals surface area contributed by atoms with E-state index in [9.17, 15) is 4.79 Å². The van der Waals surface area contributed by atoms with E-state index in [0.717, 1.165) is 12.8 Å². The lowest BCUT2D eigenvalue weighted by Gasteiger charge is -2.05. The van der Waals surface area contributed by atoms with Crippen LogP contribution in [0.25, 0.3) is 10.9 Å². The number of aryl methyl sites for hydroxylation is 2. The molecule has 0 aliphatic carbocycles. The van der Waals surface area contributed by atoms with Crippen LogP contribution >= 0.6 is 0 Å². The molecule has 1 N–H and O–H groups in total. The Bertz CT molecular complexity index is 790. The number of para-hydroxylation sites is 1. The number of amides is 1. The summed E-state index contributed by atoms with van der Waals surface area (Å²) in [5.41, 5.74) is 3.72. The highest BCUT2D eigenvalue weighted by Crippen LogP contribution is 2.20. The number of rotatable bonds is 6. The highest BCUT2D eigenvalue weighted by Gasteiger charge is 2.06. The lowest BCUT2D eigenvalue weighted by molar-refractivity contribution is -0.121. The minimum Gasteiger partial charge on any atom is -0.356 e. The SMILES string of the molecule is Cn1cc(CCNC(=O)CCc2ccccc2)c2ccccc21. The summed E-state index contributed by atoms with van der Waals surface area (Å²) >= 11 is 0. The van der Waals surface area contributed by atoms with E-state index in [1.54, 1.807) is 0 Å². The summed E-state index contributed by atoms with van der Waals surface area (Å²) < 4.78 is 2.14. The van der Waals surface area contributed by atoms with Gasteiger partial charge in [-0.2, -0.15) is 0 Å². The molecule has 0 saturated carbocycles. The second kappa shape index (κ2) is 7.14. The molecule has 23 heavy (non-hydrogen) atoms. The van der Waals surface area contributed by atoms with Crippen molar-refractivity contribution < 1.29 is 4.79 Å². The highest BCUT2D eigenvalue weighted by atomic mass is 16.1. The monoisotopic (exact) mass is 306 g/mol. The van der Waals surface area contributed by atoms with Crippen LogP contribution in [0.3, 0.4) is 0 Å². The molecule has 3 rings (SSSR count). The molecule has 0 radical (unpaired) electrons. The summed E-state index contributed by atoms with van der Waals surface area (Å²) in [6, 6.07) is 18.5. The first kappa shape index (κ1) is 15.3. The summed E-state index contributed by atoms with van der Waals surface area (Å²) in [5.74, 6) is 0.120. The van der Waals surface area contributed by atoms with Crippen molar-refractivity contribution in [1.82, 2.24) is 9.88 Å². The molecular formula is C20H22N2O. The minimum atomic E-state index is 0.120. The van der Waals surface area contributed by atoms with Gasteiger partial charge in [-0.3, -0.25) is 4.79 Å². The number of hydrogen-bond acceptors (Lipinski definition) is 1. The topological polar surface area (TPSA) is 34.0 Å². The van der Waals surface area contributed by atoms with Gasteiger partial charge in [0.15, 0.2) is 0 Å². The van der Waals surface area contributed by atoms with Gasteiger partial charge in [-0.25, -0.2) is 0 Å². The maximum absolute atomic E-state index is 12.0. The molecule has 1 heterocycles. The average molecular weight is 306 g/mol. The third-order valence-electron chi connectivity index (χ3n) is 4.18. The lowest BCUT2D eigenvalue weighted by Crippen LogP contribution is -2.25. The first-order chi connectivity index (χ1) is 11.2. The second-order valence-electron chi connectivity index (χ2n) is 5.87. The summed E-state index contributed by atoms with van der Waals surface area (Å²) in [5, 5.41) is 4.30. The molecule has 0 aliphatic rings. The summed E-state index contributed by atoms with van der Waals surface area (Å²) in [6.45, 7) is 0.682. The highest BCUT2D eigenvalue weighted by molar-refractivity contribution is 5.84. The van der Waals surface area contributed by atoms with Gasteiger partial charge < -0.3 is 9.88 Å². The average Bonchev–Trinajstić information content (AvgIpc) is 2.91. The fraction of sp³-hybridized carbons (Fsp3) is 0.250. The van der Waals surface area contributed by atoms with E-state index in [4.69, 9.17) is 0 Å². The molecule has 1 aromatic heterocycles. The molecule has 0 unspecified atom stereocenters. The Morgan fingerprint density at radius 1 is 1.00 bits per heavy atom. The van der Waals surface area contributed by atoms with E-state index >= 15 is 0 Å². The van der Waals surface area contributed by atoms with Crippen LogP contribution in [0.5, 0.6) is 0 Å². The molecule has 0 spiro atoms. The normalized spacial score (nSPS) is 10.8. The third-order valence-corrected chi connectivity index (χ3v) is 4.18. The first-order valence-corrected chi connectivity index (χ1v) is 8.07. The van der Waals surface area contributed by atoms with Crippen LogP contribution in [0.1, 0.15) is 17.5 Å². The first-order valence-electron chi connectivity index (χ1n) is 8.07. The Morgan fingerprint density at radius 3 is 2.57 bits per heavy atom. The smallest absolute Gasteiger partial charge is 0.220 e. The minimum absolute atomic E-state index is 0.120. The van der Waals surface area contributed by atoms with E-state index in [0.29, 0.717) is 13.0 Å². The fourth-order valence-electron chi connectivity index (χ4n) is 2.95. The molecule has 1 amide bonds. The van der Waals surface area contributed by atoms with Gasteiger partial charge in [0, 0.05) is 37.1 Å². The van der Waals surface area contributed by atoms with E-state index < -0.39 is 0 Å². The molecule has 3 aromatic rings. The zero-order valence-corrected chi connectivity index (χ0v) is 13.5. The van der Waals surface area contributed by atoms with Crippen molar-refractivity contribution in [1.29, 1.82) is 0 Å². The molecule has 3 heteroatoms. The van der Waals surface area contributed by atoms with Gasteiger partial charge in [0.2, 0.25) is 5.91 Å². The van der Waals surface area contributed by atoms with Crippen LogP contribution in [-0.2, 0) is 24.7 Å². The number of carbonyl (C=O) groups is 1. The maximum Gasteiger partial charge on any atom is 0.220 e. The van der Waals surface area contributed by atoms with Crippen LogP contribution in [0, 0.1) is 0 Å². The second-order valence-corrected chi connectivity index (χ2v) is 5.87. The fourth-order valence-corrected chi connectivity index (χ4v) is 2.95. The van der Waals surface area contributed by atoms with Crippen LogP contribution in [0.2, 0.25) is 0 Å². The number of benzene rings is 2. The Balaban J connectivity index is 1.50. The van der Waals surface area contributed by atoms with Gasteiger partial charge in [0.05, 0.1) is 0 Å². The zero-order valence-electron chi connectivity index (χ0n) is 13.5. The number of nitrogens with zero attached hydrogens (tertiary/aromatic N) is 1. The van der Waals surface area contributed by atoms with Gasteiger partial charge in [-0.1, -0.05) is 48.5 Å².